The average molecular weight is 408 g/mol. The quantitative estimate of drug-likeness (QED) is 0.424. The third kappa shape index (κ3) is 5.89. The van der Waals surface area contributed by atoms with Crippen LogP contribution in [0.3, 0.4) is 0 Å². The van der Waals surface area contributed by atoms with Crippen molar-refractivity contribution in [2.45, 2.75) is 33.6 Å². The van der Waals surface area contributed by atoms with E-state index in [-0.39, 0.29) is 25.4 Å². The number of carbonyl (C=O) groups excluding carboxylic acids is 3. The maximum Gasteiger partial charge on any atom is 0.324 e. The maximum absolute atomic E-state index is 12.9. The van der Waals surface area contributed by atoms with Crippen LogP contribution < -0.4 is 0 Å². The standard InChI is InChI=1S/C25H28O5/c1-4-20(26)17-21(23(24(27)29-5-2)25(28)30-6-3)22(18-13-9-7-10-14-18)19-15-11-8-12-16-19/h7-16,23H,4-6,17H2,1-3H3. The zero-order valence-corrected chi connectivity index (χ0v) is 17.7. The van der Waals surface area contributed by atoms with Crippen molar-refractivity contribution in [2.24, 2.45) is 5.92 Å². The Labute approximate surface area is 177 Å². The normalized spacial score (nSPS) is 10.4. The van der Waals surface area contributed by atoms with E-state index in [1.807, 2.05) is 60.7 Å². The van der Waals surface area contributed by atoms with Gasteiger partial charge in [0.25, 0.3) is 0 Å². The minimum absolute atomic E-state index is 0.0437. The maximum atomic E-state index is 12.9. The Balaban J connectivity index is 2.83. The zero-order valence-electron chi connectivity index (χ0n) is 17.7. The van der Waals surface area contributed by atoms with Gasteiger partial charge in [0.05, 0.1) is 13.2 Å². The molecule has 0 aromatic heterocycles. The Hall–Kier alpha value is -3.21. The van der Waals surface area contributed by atoms with Gasteiger partial charge in [-0.15, -0.1) is 0 Å². The molecule has 2 rings (SSSR count). The lowest BCUT2D eigenvalue weighted by molar-refractivity contribution is -0.159. The summed E-state index contributed by atoms with van der Waals surface area (Å²) in [5, 5.41) is 0. The SMILES string of the molecule is CCOC(=O)C(C(=O)OCC)C(CC(=O)CC)=C(c1ccccc1)c1ccccc1. The Morgan fingerprint density at radius 2 is 1.17 bits per heavy atom. The molecule has 5 heteroatoms. The second-order valence-electron chi connectivity index (χ2n) is 6.64. The number of benzene rings is 2. The number of rotatable bonds is 10. The first-order valence-corrected chi connectivity index (χ1v) is 10.2. The molecule has 0 spiro atoms. The molecule has 0 unspecified atom stereocenters. The molecule has 0 saturated heterocycles. The molecule has 30 heavy (non-hydrogen) atoms. The van der Waals surface area contributed by atoms with Crippen molar-refractivity contribution in [3.05, 3.63) is 77.4 Å². The molecule has 2 aromatic rings. The van der Waals surface area contributed by atoms with Gasteiger partial charge < -0.3 is 9.47 Å². The minimum Gasteiger partial charge on any atom is -0.465 e. The van der Waals surface area contributed by atoms with Crippen LogP contribution in [-0.2, 0) is 23.9 Å². The predicted molar refractivity (Wildman–Crippen MR) is 116 cm³/mol. The van der Waals surface area contributed by atoms with E-state index in [0.717, 1.165) is 11.1 Å². The van der Waals surface area contributed by atoms with Gasteiger partial charge in [-0.3, -0.25) is 14.4 Å². The molecule has 0 aliphatic rings. The lowest BCUT2D eigenvalue weighted by atomic mass is 9.83. The lowest BCUT2D eigenvalue weighted by Gasteiger charge is -2.22. The molecule has 0 N–H and O–H groups in total. The molecule has 0 fully saturated rings. The Morgan fingerprint density at radius 1 is 0.733 bits per heavy atom. The van der Waals surface area contributed by atoms with Crippen molar-refractivity contribution in [2.75, 3.05) is 13.2 Å². The van der Waals surface area contributed by atoms with Gasteiger partial charge in [0.1, 0.15) is 5.78 Å². The van der Waals surface area contributed by atoms with E-state index in [9.17, 15) is 14.4 Å². The van der Waals surface area contributed by atoms with E-state index in [1.165, 1.54) is 0 Å². The highest BCUT2D eigenvalue weighted by molar-refractivity contribution is 6.03. The van der Waals surface area contributed by atoms with Crippen molar-refractivity contribution in [1.82, 2.24) is 0 Å². The Bertz CT molecular complexity index is 825. The van der Waals surface area contributed by atoms with Crippen LogP contribution in [0, 0.1) is 5.92 Å². The summed E-state index contributed by atoms with van der Waals surface area (Å²) in [4.78, 5) is 38.3. The summed E-state index contributed by atoms with van der Waals surface area (Å²) in [6, 6.07) is 18.9. The highest BCUT2D eigenvalue weighted by Crippen LogP contribution is 2.34. The zero-order chi connectivity index (χ0) is 21.9. The van der Waals surface area contributed by atoms with Crippen LogP contribution >= 0.6 is 0 Å². The fourth-order valence-corrected chi connectivity index (χ4v) is 3.25. The van der Waals surface area contributed by atoms with Crippen molar-refractivity contribution in [1.29, 1.82) is 0 Å². The molecule has 0 bridgehead atoms. The highest BCUT2D eigenvalue weighted by atomic mass is 16.6. The third-order valence-electron chi connectivity index (χ3n) is 4.62. The summed E-state index contributed by atoms with van der Waals surface area (Å²) in [5.74, 6) is -2.80. The molecule has 0 atom stereocenters. The first-order chi connectivity index (χ1) is 14.5. The van der Waals surface area contributed by atoms with E-state index >= 15 is 0 Å². The van der Waals surface area contributed by atoms with E-state index < -0.39 is 17.9 Å². The van der Waals surface area contributed by atoms with Crippen LogP contribution in [0.25, 0.3) is 5.57 Å². The summed E-state index contributed by atoms with van der Waals surface area (Å²) in [7, 11) is 0. The molecule has 0 amide bonds. The van der Waals surface area contributed by atoms with Gasteiger partial charge in [-0.1, -0.05) is 67.6 Å². The number of carbonyl (C=O) groups is 3. The molecule has 5 nitrogen and oxygen atoms in total. The van der Waals surface area contributed by atoms with Gasteiger partial charge in [0.15, 0.2) is 5.92 Å². The average Bonchev–Trinajstić information content (AvgIpc) is 2.76. The third-order valence-corrected chi connectivity index (χ3v) is 4.62. The molecule has 158 valence electrons. The van der Waals surface area contributed by atoms with Crippen LogP contribution in [0.1, 0.15) is 44.7 Å². The van der Waals surface area contributed by atoms with Crippen molar-refractivity contribution < 1.29 is 23.9 Å². The monoisotopic (exact) mass is 408 g/mol. The van der Waals surface area contributed by atoms with Crippen molar-refractivity contribution in [3.8, 4) is 0 Å². The van der Waals surface area contributed by atoms with Gasteiger partial charge in [-0.2, -0.15) is 0 Å². The Morgan fingerprint density at radius 3 is 1.53 bits per heavy atom. The van der Waals surface area contributed by atoms with Crippen LogP contribution in [0.2, 0.25) is 0 Å². The van der Waals surface area contributed by atoms with Crippen LogP contribution in [0.15, 0.2) is 66.2 Å². The summed E-state index contributed by atoms with van der Waals surface area (Å²) in [6.07, 6.45) is 0.247. The number of esters is 2. The van der Waals surface area contributed by atoms with Gasteiger partial charge in [-0.05, 0) is 36.1 Å². The number of hydrogen-bond acceptors (Lipinski definition) is 5. The lowest BCUT2D eigenvalue weighted by Crippen LogP contribution is -2.31. The van der Waals surface area contributed by atoms with E-state index in [1.54, 1.807) is 20.8 Å². The summed E-state index contributed by atoms with van der Waals surface area (Å²) in [6.45, 7) is 5.35. The van der Waals surface area contributed by atoms with E-state index in [4.69, 9.17) is 9.47 Å². The number of ether oxygens (including phenoxy) is 2. The first kappa shape index (κ1) is 23.1. The fraction of sp³-hybridized carbons (Fsp3) is 0.320. The molecular weight excluding hydrogens is 380 g/mol. The Kier molecular flexibility index (Phi) is 9.01. The molecule has 0 aliphatic carbocycles. The fourth-order valence-electron chi connectivity index (χ4n) is 3.25. The highest BCUT2D eigenvalue weighted by Gasteiger charge is 2.36. The van der Waals surface area contributed by atoms with E-state index in [0.29, 0.717) is 17.6 Å². The van der Waals surface area contributed by atoms with Crippen LogP contribution in [-0.4, -0.2) is 30.9 Å². The molecule has 0 radical (unpaired) electrons. The molecule has 0 saturated carbocycles. The van der Waals surface area contributed by atoms with Gasteiger partial charge in [-0.25, -0.2) is 0 Å². The minimum atomic E-state index is -1.31. The van der Waals surface area contributed by atoms with E-state index in [2.05, 4.69) is 0 Å². The van der Waals surface area contributed by atoms with Gasteiger partial charge >= 0.3 is 11.9 Å². The number of hydrogen-bond donors (Lipinski definition) is 0. The topological polar surface area (TPSA) is 69.7 Å². The molecule has 2 aromatic carbocycles. The van der Waals surface area contributed by atoms with Gasteiger partial charge in [0, 0.05) is 12.8 Å². The van der Waals surface area contributed by atoms with Crippen LogP contribution in [0.4, 0.5) is 0 Å². The first-order valence-electron chi connectivity index (χ1n) is 10.2. The number of Topliss-reactive ketones (excluding diaryl/α,β-unsaturated/α-hetero) is 1. The largest absolute Gasteiger partial charge is 0.465 e. The molecule has 0 aliphatic heterocycles. The second-order valence-corrected chi connectivity index (χ2v) is 6.64. The smallest absolute Gasteiger partial charge is 0.324 e. The summed E-state index contributed by atoms with van der Waals surface area (Å²) >= 11 is 0. The molecule has 0 heterocycles. The summed E-state index contributed by atoms with van der Waals surface area (Å²) in [5.41, 5.74) is 2.68. The predicted octanol–water partition coefficient (Wildman–Crippen LogP) is 4.60. The second kappa shape index (κ2) is 11.7. The van der Waals surface area contributed by atoms with Crippen molar-refractivity contribution >= 4 is 23.3 Å². The number of ketones is 1. The summed E-state index contributed by atoms with van der Waals surface area (Å²) < 4.78 is 10.4. The van der Waals surface area contributed by atoms with Crippen molar-refractivity contribution in [3.63, 3.8) is 0 Å². The molecular formula is C25H28O5. The van der Waals surface area contributed by atoms with Crippen LogP contribution in [0.5, 0.6) is 0 Å². The van der Waals surface area contributed by atoms with Gasteiger partial charge in [0.2, 0.25) is 0 Å².